The van der Waals surface area contributed by atoms with E-state index in [1.54, 1.807) is 26.6 Å². The van der Waals surface area contributed by atoms with Crippen LogP contribution >= 0.6 is 23.2 Å². The number of halogens is 2. The van der Waals surface area contributed by atoms with Crippen LogP contribution in [0.1, 0.15) is 44.0 Å². The quantitative estimate of drug-likeness (QED) is 0.154. The maximum atomic E-state index is 11.6. The van der Waals surface area contributed by atoms with E-state index < -0.39 is 0 Å². The van der Waals surface area contributed by atoms with Gasteiger partial charge in [0.1, 0.15) is 11.4 Å². The Balaban J connectivity index is 1.21. The predicted molar refractivity (Wildman–Crippen MR) is 187 cm³/mol. The fourth-order valence-corrected chi connectivity index (χ4v) is 6.76. The number of nitrogens with one attached hydrogen (secondary N) is 4. The molecule has 2 aliphatic rings. The number of nitrogens with zero attached hydrogens (tertiary/aromatic N) is 4. The summed E-state index contributed by atoms with van der Waals surface area (Å²) in [5.41, 5.74) is 5.15. The number of hydrogen-bond donors (Lipinski definition) is 4. The van der Waals surface area contributed by atoms with Gasteiger partial charge in [-0.3, -0.25) is 19.6 Å². The maximum Gasteiger partial charge on any atom is 0.237 e. The predicted octanol–water partition coefficient (Wildman–Crippen LogP) is 4.72. The van der Waals surface area contributed by atoms with Gasteiger partial charge in [-0.05, 0) is 19.8 Å². The van der Waals surface area contributed by atoms with E-state index in [1.807, 2.05) is 43.3 Å². The lowest BCUT2D eigenvalue weighted by molar-refractivity contribution is -0.120. The van der Waals surface area contributed by atoms with Gasteiger partial charge in [0.05, 0.1) is 48.0 Å². The largest absolute Gasteiger partial charge is 0.480 e. The van der Waals surface area contributed by atoms with Gasteiger partial charge in [0, 0.05) is 72.9 Å². The lowest BCUT2D eigenvalue weighted by Crippen LogP contribution is -2.43. The molecule has 6 rings (SSSR count). The zero-order chi connectivity index (χ0) is 34.5. The summed E-state index contributed by atoms with van der Waals surface area (Å²) in [5.74, 6) is 0.919. The topological polar surface area (TPSA) is 152 Å². The minimum Gasteiger partial charge on any atom is -0.480 e. The first-order valence-corrected chi connectivity index (χ1v) is 16.9. The van der Waals surface area contributed by atoms with Gasteiger partial charge in [0.2, 0.25) is 23.6 Å². The summed E-state index contributed by atoms with van der Waals surface area (Å²) in [7, 11) is 3.11. The van der Waals surface area contributed by atoms with Crippen LogP contribution in [0.3, 0.4) is 0 Å². The SMILES string of the molecule is COc1nc(-c2cccc(-c3cccc(-c4cnc(CN[C@H](C)[C@@H]5CCC(=O)N5)c(OC)n4)c3Cl)c2Cl)cnc1CNC[C@@H]1CCC(=O)N1. The summed E-state index contributed by atoms with van der Waals surface area (Å²) >= 11 is 14.1. The molecule has 2 saturated heterocycles. The third-order valence-corrected chi connectivity index (χ3v) is 9.66. The fraction of sp³-hybridized carbons (Fsp3) is 0.371. The van der Waals surface area contributed by atoms with Crippen LogP contribution in [0.2, 0.25) is 10.0 Å². The number of amides is 2. The van der Waals surface area contributed by atoms with Crippen molar-refractivity contribution < 1.29 is 19.1 Å². The van der Waals surface area contributed by atoms with Crippen molar-refractivity contribution in [3.63, 3.8) is 0 Å². The molecule has 256 valence electrons. The number of aromatic nitrogens is 4. The molecule has 2 fully saturated rings. The van der Waals surface area contributed by atoms with Crippen LogP contribution in [-0.2, 0) is 22.7 Å². The standard InChI is InChI=1S/C35H38Cl2N8O4/c1-19(25-11-13-31(47)43-25)39-18-29-35(49-3)45-27(17-41-29)24-9-5-7-22(33(24)37)21-6-4-8-23(32(21)36)26-16-40-28(34(44-26)48-2)15-38-14-20-10-12-30(46)42-20/h4-9,16-17,19-20,25,38-39H,10-15,18H2,1-3H3,(H,42,46)(H,43,47)/t19-,20+,25+/m1/s1. The molecule has 14 heteroatoms. The van der Waals surface area contributed by atoms with Crippen LogP contribution in [0.25, 0.3) is 33.6 Å². The van der Waals surface area contributed by atoms with Gasteiger partial charge in [0.25, 0.3) is 0 Å². The lowest BCUT2D eigenvalue weighted by Gasteiger charge is -2.21. The van der Waals surface area contributed by atoms with Crippen molar-refractivity contribution in [2.75, 3.05) is 20.8 Å². The van der Waals surface area contributed by atoms with Gasteiger partial charge in [-0.15, -0.1) is 0 Å². The first-order valence-electron chi connectivity index (χ1n) is 16.2. The summed E-state index contributed by atoms with van der Waals surface area (Å²) in [6.07, 6.45) is 6.05. The van der Waals surface area contributed by atoms with Crippen molar-refractivity contribution >= 4 is 35.0 Å². The van der Waals surface area contributed by atoms with Crippen LogP contribution < -0.4 is 30.7 Å². The number of ether oxygens (including phenoxy) is 2. The van der Waals surface area contributed by atoms with Gasteiger partial charge in [-0.25, -0.2) is 9.97 Å². The second-order valence-electron chi connectivity index (χ2n) is 12.1. The molecule has 4 heterocycles. The molecule has 49 heavy (non-hydrogen) atoms. The zero-order valence-corrected chi connectivity index (χ0v) is 29.0. The van der Waals surface area contributed by atoms with Crippen molar-refractivity contribution in [1.82, 2.24) is 41.2 Å². The smallest absolute Gasteiger partial charge is 0.237 e. The molecule has 2 amide bonds. The van der Waals surface area contributed by atoms with E-state index in [2.05, 4.69) is 31.2 Å². The highest BCUT2D eigenvalue weighted by Crippen LogP contribution is 2.42. The normalized spacial score (nSPS) is 17.9. The Kier molecular flexibility index (Phi) is 10.9. The highest BCUT2D eigenvalue weighted by molar-refractivity contribution is 6.39. The second-order valence-corrected chi connectivity index (χ2v) is 12.8. The molecular formula is C35H38Cl2N8O4. The molecule has 0 bridgehead atoms. The zero-order valence-electron chi connectivity index (χ0n) is 27.5. The summed E-state index contributed by atoms with van der Waals surface area (Å²) in [4.78, 5) is 41.8. The third kappa shape index (κ3) is 7.78. The van der Waals surface area contributed by atoms with E-state index in [0.29, 0.717) is 99.3 Å². The van der Waals surface area contributed by atoms with Gasteiger partial charge in [-0.2, -0.15) is 0 Å². The summed E-state index contributed by atoms with van der Waals surface area (Å²) in [6, 6.07) is 11.6. The minimum absolute atomic E-state index is 0.0596. The van der Waals surface area contributed by atoms with E-state index in [-0.39, 0.29) is 29.9 Å². The summed E-state index contributed by atoms with van der Waals surface area (Å²) < 4.78 is 11.2. The van der Waals surface area contributed by atoms with Crippen LogP contribution in [0, 0.1) is 0 Å². The first-order chi connectivity index (χ1) is 23.7. The van der Waals surface area contributed by atoms with Crippen LogP contribution in [0.4, 0.5) is 0 Å². The molecule has 4 aromatic rings. The van der Waals surface area contributed by atoms with Crippen LogP contribution in [0.5, 0.6) is 11.8 Å². The van der Waals surface area contributed by atoms with E-state index in [4.69, 9.17) is 42.6 Å². The van der Waals surface area contributed by atoms with Crippen molar-refractivity contribution in [3.05, 3.63) is 70.2 Å². The molecule has 4 N–H and O–H groups in total. The Labute approximate surface area is 294 Å². The Bertz CT molecular complexity index is 1860. The Morgan fingerprint density at radius 2 is 1.33 bits per heavy atom. The summed E-state index contributed by atoms with van der Waals surface area (Å²) in [5, 5.41) is 13.6. The highest BCUT2D eigenvalue weighted by Gasteiger charge is 2.26. The highest BCUT2D eigenvalue weighted by atomic mass is 35.5. The van der Waals surface area contributed by atoms with Gasteiger partial charge in [0.15, 0.2) is 0 Å². The average molecular weight is 706 g/mol. The van der Waals surface area contributed by atoms with Gasteiger partial charge < -0.3 is 30.7 Å². The van der Waals surface area contributed by atoms with E-state index in [1.165, 1.54) is 0 Å². The second kappa shape index (κ2) is 15.5. The maximum absolute atomic E-state index is 11.6. The Hall–Kier alpha value is -4.36. The first kappa shape index (κ1) is 34.5. The monoisotopic (exact) mass is 704 g/mol. The molecular weight excluding hydrogens is 667 g/mol. The molecule has 2 aromatic carbocycles. The number of rotatable bonds is 13. The fourth-order valence-electron chi connectivity index (χ4n) is 6.11. The molecule has 12 nitrogen and oxygen atoms in total. The van der Waals surface area contributed by atoms with Crippen molar-refractivity contribution in [3.8, 4) is 45.4 Å². The molecule has 0 saturated carbocycles. The molecule has 0 radical (unpaired) electrons. The van der Waals surface area contributed by atoms with Gasteiger partial charge in [-0.1, -0.05) is 59.6 Å². The van der Waals surface area contributed by atoms with Gasteiger partial charge >= 0.3 is 0 Å². The van der Waals surface area contributed by atoms with Crippen LogP contribution in [-0.4, -0.2) is 70.6 Å². The lowest BCUT2D eigenvalue weighted by atomic mass is 9.98. The van der Waals surface area contributed by atoms with Crippen molar-refractivity contribution in [2.24, 2.45) is 0 Å². The van der Waals surface area contributed by atoms with Crippen molar-refractivity contribution in [2.45, 2.75) is 63.8 Å². The molecule has 2 aliphatic heterocycles. The average Bonchev–Trinajstić information content (AvgIpc) is 3.75. The Morgan fingerprint density at radius 3 is 1.84 bits per heavy atom. The molecule has 2 aromatic heterocycles. The number of carbonyl (C=O) groups excluding carboxylic acids is 2. The van der Waals surface area contributed by atoms with Crippen molar-refractivity contribution in [1.29, 1.82) is 0 Å². The minimum atomic E-state index is 0.0596. The summed E-state index contributed by atoms with van der Waals surface area (Å²) in [6.45, 7) is 3.52. The number of methoxy groups -OCH3 is 2. The van der Waals surface area contributed by atoms with E-state index in [0.717, 1.165) is 12.8 Å². The van der Waals surface area contributed by atoms with E-state index >= 15 is 0 Å². The van der Waals surface area contributed by atoms with E-state index in [9.17, 15) is 9.59 Å². The third-order valence-electron chi connectivity index (χ3n) is 8.84. The van der Waals surface area contributed by atoms with Crippen LogP contribution in [0.15, 0.2) is 48.8 Å². The molecule has 3 atom stereocenters. The Morgan fingerprint density at radius 1 is 0.796 bits per heavy atom. The molecule has 0 unspecified atom stereocenters. The molecule has 0 spiro atoms. The number of hydrogen-bond acceptors (Lipinski definition) is 10. The molecule has 0 aliphatic carbocycles. The number of carbonyl (C=O) groups is 2. The number of benzene rings is 2.